The van der Waals surface area contributed by atoms with Crippen LogP contribution in [0.1, 0.15) is 12.8 Å². The van der Waals surface area contributed by atoms with E-state index in [2.05, 4.69) is 4.98 Å². The summed E-state index contributed by atoms with van der Waals surface area (Å²) in [5.74, 6) is -2.71. The Kier molecular flexibility index (Phi) is 4.65. The van der Waals surface area contributed by atoms with Crippen molar-refractivity contribution in [3.8, 4) is 0 Å². The van der Waals surface area contributed by atoms with E-state index in [1.807, 2.05) is 0 Å². The van der Waals surface area contributed by atoms with Gasteiger partial charge < -0.3 is 20.1 Å². The first-order valence-corrected chi connectivity index (χ1v) is 7.91. The third-order valence-corrected chi connectivity index (χ3v) is 4.38. The van der Waals surface area contributed by atoms with Gasteiger partial charge in [0.2, 0.25) is 0 Å². The van der Waals surface area contributed by atoms with Crippen molar-refractivity contribution in [1.82, 2.24) is 4.98 Å². The number of aromatic amines is 1. The fourth-order valence-corrected chi connectivity index (χ4v) is 3.13. The van der Waals surface area contributed by atoms with Crippen LogP contribution in [-0.2, 0) is 18.7 Å². The van der Waals surface area contributed by atoms with Gasteiger partial charge in [-0.25, -0.2) is 4.79 Å². The Labute approximate surface area is 124 Å². The van der Waals surface area contributed by atoms with Gasteiger partial charge in [-0.05, 0) is 18.6 Å². The number of aromatic nitrogens is 1. The van der Waals surface area contributed by atoms with Crippen LogP contribution in [0, 0.1) is 0 Å². The standard InChI is InChI=1S/C13H14NO7P/c15-12(16)6-5-10(13(17)18)21-22(19,20)11-7-8-3-1-2-4-9(8)14-11/h1-4,7,10,14H,5-6H2,(H,15,16)(H,17,18)(H,19,20). The van der Waals surface area contributed by atoms with Gasteiger partial charge in [-0.2, -0.15) is 0 Å². The summed E-state index contributed by atoms with van der Waals surface area (Å²) in [4.78, 5) is 34.2. The summed E-state index contributed by atoms with van der Waals surface area (Å²) in [6.45, 7) is 0. The van der Waals surface area contributed by atoms with Gasteiger partial charge in [-0.1, -0.05) is 18.2 Å². The first kappa shape index (κ1) is 16.2. The lowest BCUT2D eigenvalue weighted by atomic mass is 10.2. The molecule has 1 heterocycles. The predicted molar refractivity (Wildman–Crippen MR) is 77.1 cm³/mol. The molecule has 4 N–H and O–H groups in total. The molecule has 9 heteroatoms. The normalized spacial score (nSPS) is 15.3. The maximum Gasteiger partial charge on any atom is 0.375 e. The number of nitrogens with one attached hydrogen (secondary N) is 1. The van der Waals surface area contributed by atoms with Crippen LogP contribution in [0.2, 0.25) is 0 Å². The molecule has 2 unspecified atom stereocenters. The van der Waals surface area contributed by atoms with E-state index < -0.39 is 38.5 Å². The van der Waals surface area contributed by atoms with Crippen molar-refractivity contribution in [2.75, 3.05) is 0 Å². The van der Waals surface area contributed by atoms with Crippen molar-refractivity contribution in [2.24, 2.45) is 0 Å². The quantitative estimate of drug-likeness (QED) is 0.563. The monoisotopic (exact) mass is 327 g/mol. The summed E-state index contributed by atoms with van der Waals surface area (Å²) in [6.07, 6.45) is -2.57. The van der Waals surface area contributed by atoms with E-state index in [4.69, 9.17) is 14.7 Å². The number of benzene rings is 1. The smallest absolute Gasteiger partial charge is 0.375 e. The van der Waals surface area contributed by atoms with Gasteiger partial charge >= 0.3 is 19.5 Å². The Balaban J connectivity index is 2.22. The van der Waals surface area contributed by atoms with Crippen LogP contribution < -0.4 is 5.44 Å². The van der Waals surface area contributed by atoms with E-state index in [1.165, 1.54) is 6.07 Å². The first-order chi connectivity index (χ1) is 10.3. The summed E-state index contributed by atoms with van der Waals surface area (Å²) >= 11 is 0. The molecule has 22 heavy (non-hydrogen) atoms. The maximum atomic E-state index is 12.2. The molecule has 8 nitrogen and oxygen atoms in total. The Morgan fingerprint density at radius 1 is 1.27 bits per heavy atom. The average molecular weight is 327 g/mol. The van der Waals surface area contributed by atoms with E-state index in [0.29, 0.717) is 10.9 Å². The minimum Gasteiger partial charge on any atom is -0.481 e. The molecule has 0 radical (unpaired) electrons. The molecule has 0 fully saturated rings. The second-order valence-electron chi connectivity index (χ2n) is 4.63. The first-order valence-electron chi connectivity index (χ1n) is 6.34. The van der Waals surface area contributed by atoms with Gasteiger partial charge in [0, 0.05) is 17.3 Å². The summed E-state index contributed by atoms with van der Waals surface area (Å²) in [7, 11) is -4.42. The maximum absolute atomic E-state index is 12.2. The summed E-state index contributed by atoms with van der Waals surface area (Å²) in [6, 6.07) is 8.29. The van der Waals surface area contributed by atoms with Crippen LogP contribution in [0.4, 0.5) is 0 Å². The molecule has 0 aliphatic heterocycles. The zero-order chi connectivity index (χ0) is 16.3. The Morgan fingerprint density at radius 3 is 2.55 bits per heavy atom. The molecular weight excluding hydrogens is 313 g/mol. The van der Waals surface area contributed by atoms with E-state index in [-0.39, 0.29) is 5.44 Å². The second-order valence-corrected chi connectivity index (χ2v) is 6.36. The molecule has 0 aliphatic rings. The number of hydrogen-bond donors (Lipinski definition) is 4. The predicted octanol–water partition coefficient (Wildman–Crippen LogP) is 1.31. The molecule has 0 saturated carbocycles. The van der Waals surface area contributed by atoms with Gasteiger partial charge in [0.15, 0.2) is 6.10 Å². The zero-order valence-electron chi connectivity index (χ0n) is 11.3. The van der Waals surface area contributed by atoms with Crippen LogP contribution in [0.5, 0.6) is 0 Å². The number of H-pyrrole nitrogens is 1. The van der Waals surface area contributed by atoms with E-state index in [9.17, 15) is 19.0 Å². The molecule has 0 amide bonds. The van der Waals surface area contributed by atoms with E-state index in [0.717, 1.165) is 0 Å². The van der Waals surface area contributed by atoms with Crippen LogP contribution >= 0.6 is 7.60 Å². The number of fused-ring (bicyclic) bond motifs is 1. The number of carbonyl (C=O) groups is 2. The highest BCUT2D eigenvalue weighted by atomic mass is 31.2. The molecule has 0 bridgehead atoms. The number of para-hydroxylation sites is 1. The fourth-order valence-electron chi connectivity index (χ4n) is 1.92. The van der Waals surface area contributed by atoms with Crippen LogP contribution in [0.15, 0.2) is 30.3 Å². The molecule has 0 saturated heterocycles. The molecule has 0 spiro atoms. The molecular formula is C13H14NO7P. The van der Waals surface area contributed by atoms with Crippen molar-refractivity contribution in [1.29, 1.82) is 0 Å². The lowest BCUT2D eigenvalue weighted by molar-refractivity contribution is -0.146. The van der Waals surface area contributed by atoms with Gasteiger partial charge in [0.05, 0.1) is 0 Å². The fraction of sp³-hybridized carbons (Fsp3) is 0.231. The summed E-state index contributed by atoms with van der Waals surface area (Å²) in [5.41, 5.74) is 0.461. The van der Waals surface area contributed by atoms with Crippen molar-refractivity contribution in [2.45, 2.75) is 18.9 Å². The summed E-state index contributed by atoms with van der Waals surface area (Å²) < 4.78 is 17.0. The number of hydrogen-bond acceptors (Lipinski definition) is 4. The van der Waals surface area contributed by atoms with Crippen molar-refractivity contribution < 1.29 is 33.8 Å². The third-order valence-electron chi connectivity index (χ3n) is 2.99. The Bertz CT molecular complexity index is 721. The van der Waals surface area contributed by atoms with Gasteiger partial charge in [-0.3, -0.25) is 13.9 Å². The highest BCUT2D eigenvalue weighted by Gasteiger charge is 2.33. The lowest BCUT2D eigenvalue weighted by Gasteiger charge is -2.16. The zero-order valence-corrected chi connectivity index (χ0v) is 12.2. The van der Waals surface area contributed by atoms with Gasteiger partial charge in [0.25, 0.3) is 0 Å². The van der Waals surface area contributed by atoms with Gasteiger partial charge in [0.1, 0.15) is 5.44 Å². The molecule has 2 aromatic rings. The van der Waals surface area contributed by atoms with Crippen molar-refractivity contribution in [3.63, 3.8) is 0 Å². The lowest BCUT2D eigenvalue weighted by Crippen LogP contribution is -2.26. The van der Waals surface area contributed by atoms with Crippen LogP contribution in [0.25, 0.3) is 10.9 Å². The minimum atomic E-state index is -4.42. The molecule has 0 aliphatic carbocycles. The van der Waals surface area contributed by atoms with Crippen molar-refractivity contribution >= 4 is 35.9 Å². The number of aliphatic carboxylic acids is 2. The molecule has 2 atom stereocenters. The van der Waals surface area contributed by atoms with E-state index >= 15 is 0 Å². The van der Waals surface area contributed by atoms with Crippen LogP contribution in [0.3, 0.4) is 0 Å². The molecule has 118 valence electrons. The second kappa shape index (κ2) is 6.31. The van der Waals surface area contributed by atoms with Crippen LogP contribution in [-0.4, -0.2) is 38.1 Å². The Hall–Kier alpha value is -2.15. The van der Waals surface area contributed by atoms with Gasteiger partial charge in [-0.15, -0.1) is 0 Å². The minimum absolute atomic E-state index is 0.143. The number of carboxylic acid groups (broad SMARTS) is 2. The average Bonchev–Trinajstić information content (AvgIpc) is 2.87. The highest BCUT2D eigenvalue weighted by molar-refractivity contribution is 7.61. The number of carboxylic acids is 2. The summed E-state index contributed by atoms with van der Waals surface area (Å²) in [5, 5.41) is 18.2. The molecule has 1 aromatic heterocycles. The van der Waals surface area contributed by atoms with E-state index in [1.54, 1.807) is 24.3 Å². The number of rotatable bonds is 7. The third kappa shape index (κ3) is 3.73. The molecule has 2 rings (SSSR count). The van der Waals surface area contributed by atoms with Crippen molar-refractivity contribution in [3.05, 3.63) is 30.3 Å². The topological polar surface area (TPSA) is 137 Å². The Morgan fingerprint density at radius 2 is 1.95 bits per heavy atom. The SMILES string of the molecule is O=C(O)CCC(OP(=O)(O)c1cc2ccccc2[nH]1)C(=O)O. The highest BCUT2D eigenvalue weighted by Crippen LogP contribution is 2.43. The largest absolute Gasteiger partial charge is 0.481 e. The molecule has 1 aromatic carbocycles.